The Morgan fingerprint density at radius 2 is 1.16 bits per heavy atom. The predicted molar refractivity (Wildman–Crippen MR) is 275 cm³/mol. The number of rotatable bonds is 14. The molecule has 70 heavy (non-hydrogen) atoms. The summed E-state index contributed by atoms with van der Waals surface area (Å²) < 4.78 is 8.55. The van der Waals surface area contributed by atoms with Crippen LogP contribution in [0.2, 0.25) is 0 Å². The normalized spacial score (nSPS) is 17.9. The zero-order valence-corrected chi connectivity index (χ0v) is 43.4. The van der Waals surface area contributed by atoms with E-state index < -0.39 is 24.3 Å². The summed E-state index contributed by atoms with van der Waals surface area (Å²) >= 11 is 7.46. The first-order chi connectivity index (χ1) is 33.6. The number of aromatic nitrogens is 5. The Hall–Kier alpha value is -6.20. The summed E-state index contributed by atoms with van der Waals surface area (Å²) in [5.74, 6) is 1.28. The molecule has 4 N–H and O–H groups in total. The van der Waals surface area contributed by atoms with Crippen LogP contribution in [0.3, 0.4) is 0 Å². The molecule has 2 saturated heterocycles. The quantitative estimate of drug-likeness (QED) is 0.0831. The molecule has 4 amide bonds. The van der Waals surface area contributed by atoms with E-state index >= 15 is 0 Å². The number of carboxylic acid groups (broad SMARTS) is 1. The van der Waals surface area contributed by atoms with Crippen molar-refractivity contribution in [2.24, 2.45) is 11.8 Å². The van der Waals surface area contributed by atoms with Gasteiger partial charge in [0.15, 0.2) is 0 Å². The minimum absolute atomic E-state index is 0.133. The van der Waals surface area contributed by atoms with Gasteiger partial charge in [-0.05, 0) is 129 Å². The molecule has 2 aliphatic heterocycles. The maximum atomic E-state index is 13.9. The topological polar surface area (TPSA) is 182 Å². The monoisotopic (exact) mass is 1080 g/mol. The van der Waals surface area contributed by atoms with Crippen molar-refractivity contribution in [3.8, 4) is 50.7 Å². The Labute approximate surface area is 424 Å². The average molecular weight is 1080 g/mol. The molecule has 15 nitrogen and oxygen atoms in total. The van der Waals surface area contributed by atoms with Crippen LogP contribution in [-0.2, 0) is 14.3 Å². The minimum atomic E-state index is -1.13. The van der Waals surface area contributed by atoms with E-state index in [2.05, 4.69) is 137 Å². The van der Waals surface area contributed by atoms with Crippen LogP contribution >= 0.6 is 31.9 Å². The second-order valence-corrected chi connectivity index (χ2v) is 20.9. The fraction of sp³-hybridized carbons (Fsp3) is 0.396. The Morgan fingerprint density at radius 3 is 1.59 bits per heavy atom. The number of alkyl carbamates (subject to hydrolysis) is 1. The highest BCUT2D eigenvalue weighted by Crippen LogP contribution is 2.42. The summed E-state index contributed by atoms with van der Waals surface area (Å²) in [6.07, 6.45) is 3.76. The third-order valence-electron chi connectivity index (χ3n) is 14.0. The molecule has 0 spiro atoms. The number of halogens is 2. The van der Waals surface area contributed by atoms with Crippen molar-refractivity contribution in [1.29, 1.82) is 0 Å². The van der Waals surface area contributed by atoms with E-state index in [1.807, 2.05) is 32.6 Å². The molecule has 9 rings (SSSR count). The number of hydrogen-bond donors (Lipinski definition) is 4. The van der Waals surface area contributed by atoms with E-state index in [4.69, 9.17) is 14.7 Å². The second kappa shape index (κ2) is 20.3. The van der Waals surface area contributed by atoms with E-state index in [1.165, 1.54) is 32.6 Å². The first-order valence-electron chi connectivity index (χ1n) is 24.1. The Bertz CT molecular complexity index is 2890. The van der Waals surface area contributed by atoms with Gasteiger partial charge in [-0.1, -0.05) is 88.4 Å². The van der Waals surface area contributed by atoms with Gasteiger partial charge in [-0.3, -0.25) is 14.5 Å². The van der Waals surface area contributed by atoms with Crippen LogP contribution < -0.4 is 5.32 Å². The molecule has 3 aliphatic rings. The average Bonchev–Trinajstić information content (AvgIpc) is 3.85. The van der Waals surface area contributed by atoms with Gasteiger partial charge < -0.3 is 39.5 Å². The number of methoxy groups -OCH3 is 1. The highest BCUT2D eigenvalue weighted by Gasteiger charge is 2.41. The van der Waals surface area contributed by atoms with Crippen molar-refractivity contribution in [2.75, 3.05) is 27.2 Å². The number of likely N-dealkylation sites (N-methyl/N-ethyl adjacent to an activating group) is 1. The SMILES string of the molecule is COC(=O)N[C@H](C(=O)N1CCC[C@H]1c1nc(-c2ccc(-c3ccc(-c4ccc(-c5nc([C@@H]6CCCN6C(=O)[C@H](C(C)C)N(C)C(=O)O)[nH]c5Br)cc4)n3-c3ccc(C4CC4)cc3)cc2)c(Br)[nH]1)C(C)C. The smallest absolute Gasteiger partial charge is 0.407 e. The number of nitrogens with zero attached hydrogens (tertiary/aromatic N) is 6. The molecule has 1 saturated carbocycles. The Balaban J connectivity index is 0.980. The van der Waals surface area contributed by atoms with Crippen molar-refractivity contribution in [2.45, 2.75) is 96.3 Å². The van der Waals surface area contributed by atoms with E-state index in [1.54, 1.807) is 4.90 Å². The second-order valence-electron chi connectivity index (χ2n) is 19.3. The highest BCUT2D eigenvalue weighted by molar-refractivity contribution is 9.10. The molecular formula is C53H59Br2N9O6. The number of carbonyl (C=O) groups is 4. The van der Waals surface area contributed by atoms with Gasteiger partial charge in [0.05, 0.1) is 30.6 Å². The fourth-order valence-electron chi connectivity index (χ4n) is 10.2. The standard InChI is InChI=1S/C53H59Br2N9O6/c1-29(2)42(58-52(67)70-6)50(65)62-27-7-9-40(62)48-56-43(46(54)59-48)35-17-13-33(14-18-35)38-25-26-39(64(38)37-23-21-32(22-24-37)31-11-12-31)34-15-19-36(20-16-34)44-47(55)60-49(57-44)41-10-8-28-63(41)51(66)45(30(3)4)61(5)53(68)69/h13-26,29-31,40-42,45H,7-12,27-28H2,1-6H3,(H,56,59)(H,57,60)(H,58,67)(H,68,69)/t40-,41-,42-,45-/m0/s1. The maximum Gasteiger partial charge on any atom is 0.407 e. The van der Waals surface area contributed by atoms with E-state index in [9.17, 15) is 24.3 Å². The molecular weight excluding hydrogens is 1020 g/mol. The summed E-state index contributed by atoms with van der Waals surface area (Å²) in [7, 11) is 2.75. The number of H-pyrrole nitrogens is 2. The summed E-state index contributed by atoms with van der Waals surface area (Å²) in [5, 5.41) is 12.5. The molecule has 1 aliphatic carbocycles. The number of benzene rings is 3. The third kappa shape index (κ3) is 9.66. The first-order valence-corrected chi connectivity index (χ1v) is 25.7. The summed E-state index contributed by atoms with van der Waals surface area (Å²) in [5.41, 5.74) is 9.79. The molecule has 17 heteroatoms. The zero-order valence-electron chi connectivity index (χ0n) is 40.2. The minimum Gasteiger partial charge on any atom is -0.465 e. The van der Waals surface area contributed by atoms with Crippen LogP contribution in [-0.4, -0.2) is 108 Å². The molecule has 3 aromatic carbocycles. The van der Waals surface area contributed by atoms with E-state index in [-0.39, 0.29) is 35.7 Å². The fourth-order valence-corrected chi connectivity index (χ4v) is 11.2. The number of likely N-dealkylation sites (tertiary alicyclic amines) is 2. The van der Waals surface area contributed by atoms with E-state index in [0.29, 0.717) is 35.3 Å². The van der Waals surface area contributed by atoms with Gasteiger partial charge in [-0.25, -0.2) is 19.6 Å². The third-order valence-corrected chi connectivity index (χ3v) is 15.2. The summed E-state index contributed by atoms with van der Waals surface area (Å²) in [6, 6.07) is 27.9. The largest absolute Gasteiger partial charge is 0.465 e. The lowest BCUT2D eigenvalue weighted by atomic mass is 10.0. The van der Waals surface area contributed by atoms with Crippen molar-refractivity contribution in [1.82, 2.24) is 44.5 Å². The van der Waals surface area contributed by atoms with Crippen LogP contribution in [0.4, 0.5) is 9.59 Å². The summed E-state index contributed by atoms with van der Waals surface area (Å²) in [6.45, 7) is 8.64. The van der Waals surface area contributed by atoms with Crippen molar-refractivity contribution in [3.05, 3.63) is 111 Å². The Kier molecular flexibility index (Phi) is 14.1. The number of ether oxygens (including phenoxy) is 1. The van der Waals surface area contributed by atoms with Gasteiger partial charge in [0.1, 0.15) is 44.3 Å². The Morgan fingerprint density at radius 1 is 0.686 bits per heavy atom. The molecule has 0 bridgehead atoms. The van der Waals surface area contributed by atoms with Gasteiger partial charge in [-0.2, -0.15) is 0 Å². The zero-order chi connectivity index (χ0) is 49.5. The summed E-state index contributed by atoms with van der Waals surface area (Å²) in [4.78, 5) is 73.3. The molecule has 5 heterocycles. The number of imidazole rings is 2. The molecule has 3 aromatic heterocycles. The number of nitrogens with one attached hydrogen (secondary N) is 3. The van der Waals surface area contributed by atoms with Crippen LogP contribution in [0.15, 0.2) is 94.1 Å². The molecule has 0 radical (unpaired) electrons. The highest BCUT2D eigenvalue weighted by atomic mass is 79.9. The number of aromatic amines is 2. The molecule has 6 aromatic rings. The lowest BCUT2D eigenvalue weighted by Crippen LogP contribution is -2.51. The number of hydrogen-bond acceptors (Lipinski definition) is 7. The van der Waals surface area contributed by atoms with Crippen LogP contribution in [0.5, 0.6) is 0 Å². The molecule has 4 atom stereocenters. The van der Waals surface area contributed by atoms with Gasteiger partial charge >= 0.3 is 12.2 Å². The van der Waals surface area contributed by atoms with Crippen LogP contribution in [0.1, 0.15) is 101 Å². The molecule has 3 fully saturated rings. The molecule has 0 unspecified atom stereocenters. The lowest BCUT2D eigenvalue weighted by molar-refractivity contribution is -0.138. The van der Waals surface area contributed by atoms with Gasteiger partial charge in [0, 0.05) is 37.0 Å². The maximum absolute atomic E-state index is 13.9. The van der Waals surface area contributed by atoms with Gasteiger partial charge in [-0.15, -0.1) is 0 Å². The van der Waals surface area contributed by atoms with Crippen molar-refractivity contribution in [3.63, 3.8) is 0 Å². The van der Waals surface area contributed by atoms with E-state index in [0.717, 1.165) is 85.9 Å². The molecule has 366 valence electrons. The van der Waals surface area contributed by atoms with Crippen molar-refractivity contribution < 1.29 is 29.0 Å². The van der Waals surface area contributed by atoms with Crippen LogP contribution in [0, 0.1) is 11.8 Å². The number of amides is 4. The van der Waals surface area contributed by atoms with Gasteiger partial charge in [0.2, 0.25) is 11.8 Å². The first kappa shape index (κ1) is 48.8. The van der Waals surface area contributed by atoms with Crippen LogP contribution in [0.25, 0.3) is 50.7 Å². The lowest BCUT2D eigenvalue weighted by Gasteiger charge is -2.33. The number of carbonyl (C=O) groups excluding carboxylic acids is 3. The van der Waals surface area contributed by atoms with Crippen molar-refractivity contribution >= 4 is 55.9 Å². The predicted octanol–water partition coefficient (Wildman–Crippen LogP) is 11.3. The van der Waals surface area contributed by atoms with Gasteiger partial charge in [0.25, 0.3) is 0 Å².